The van der Waals surface area contributed by atoms with Gasteiger partial charge in [-0.1, -0.05) is 22.0 Å². The highest BCUT2D eigenvalue weighted by Crippen LogP contribution is 2.19. The number of hydrogen-bond donors (Lipinski definition) is 0. The fraction of sp³-hybridized carbons (Fsp3) is 0.100. The SMILES string of the molecule is O=c1oc2ccc(CBr)cc2cc1Br. The van der Waals surface area contributed by atoms with Crippen LogP contribution in [0.4, 0.5) is 0 Å². The Balaban J connectivity index is 2.77. The molecule has 1 aromatic heterocycles. The topological polar surface area (TPSA) is 30.2 Å². The Labute approximate surface area is 97.2 Å². The summed E-state index contributed by atoms with van der Waals surface area (Å²) in [7, 11) is 0. The largest absolute Gasteiger partial charge is 0.422 e. The predicted octanol–water partition coefficient (Wildman–Crippen LogP) is 3.45. The van der Waals surface area contributed by atoms with Gasteiger partial charge in [0.1, 0.15) is 10.1 Å². The fourth-order valence-electron chi connectivity index (χ4n) is 1.23. The molecule has 72 valence electrons. The zero-order chi connectivity index (χ0) is 10.1. The molecule has 2 rings (SSSR count). The van der Waals surface area contributed by atoms with Crippen molar-refractivity contribution in [1.82, 2.24) is 0 Å². The second kappa shape index (κ2) is 3.87. The summed E-state index contributed by atoms with van der Waals surface area (Å²) in [6, 6.07) is 7.48. The first-order valence-corrected chi connectivity index (χ1v) is 5.90. The maximum atomic E-state index is 11.2. The average molecular weight is 318 g/mol. The normalized spacial score (nSPS) is 10.7. The lowest BCUT2D eigenvalue weighted by Gasteiger charge is -1.99. The minimum absolute atomic E-state index is 0.343. The van der Waals surface area contributed by atoms with Crippen LogP contribution in [-0.4, -0.2) is 0 Å². The van der Waals surface area contributed by atoms with Gasteiger partial charge in [-0.05, 0) is 39.7 Å². The van der Waals surface area contributed by atoms with Crippen molar-refractivity contribution >= 4 is 42.8 Å². The maximum absolute atomic E-state index is 11.2. The van der Waals surface area contributed by atoms with Crippen molar-refractivity contribution in [3.05, 3.63) is 44.7 Å². The van der Waals surface area contributed by atoms with E-state index >= 15 is 0 Å². The van der Waals surface area contributed by atoms with E-state index in [9.17, 15) is 4.79 Å². The second-order valence-corrected chi connectivity index (χ2v) is 4.30. The Morgan fingerprint density at radius 2 is 2.07 bits per heavy atom. The van der Waals surface area contributed by atoms with Crippen LogP contribution in [0, 0.1) is 0 Å². The van der Waals surface area contributed by atoms with Gasteiger partial charge < -0.3 is 4.42 Å². The monoisotopic (exact) mass is 316 g/mol. The van der Waals surface area contributed by atoms with Crippen molar-refractivity contribution in [2.75, 3.05) is 0 Å². The zero-order valence-electron chi connectivity index (χ0n) is 7.09. The van der Waals surface area contributed by atoms with Gasteiger partial charge in [0.25, 0.3) is 0 Å². The number of halogens is 2. The van der Waals surface area contributed by atoms with Gasteiger partial charge in [-0.3, -0.25) is 0 Å². The number of rotatable bonds is 1. The second-order valence-electron chi connectivity index (χ2n) is 2.89. The summed E-state index contributed by atoms with van der Waals surface area (Å²) in [5.41, 5.74) is 1.42. The first-order chi connectivity index (χ1) is 6.70. The molecule has 0 radical (unpaired) electrons. The summed E-state index contributed by atoms with van der Waals surface area (Å²) in [5, 5.41) is 1.72. The number of fused-ring (bicyclic) bond motifs is 1. The van der Waals surface area contributed by atoms with Crippen molar-refractivity contribution in [3.63, 3.8) is 0 Å². The third kappa shape index (κ3) is 1.77. The Morgan fingerprint density at radius 3 is 2.79 bits per heavy atom. The third-order valence-corrected chi connectivity index (χ3v) is 3.11. The van der Waals surface area contributed by atoms with Gasteiger partial charge in [-0.15, -0.1) is 0 Å². The van der Waals surface area contributed by atoms with Crippen LogP contribution in [0.5, 0.6) is 0 Å². The van der Waals surface area contributed by atoms with Gasteiger partial charge in [-0.2, -0.15) is 0 Å². The van der Waals surface area contributed by atoms with Crippen LogP contribution in [0.3, 0.4) is 0 Å². The van der Waals surface area contributed by atoms with Crippen LogP contribution in [0.15, 0.2) is 37.9 Å². The standard InChI is InChI=1S/C10H6Br2O2/c11-5-6-1-2-9-7(3-6)4-8(12)10(13)14-9/h1-4H,5H2. The molecule has 0 unspecified atom stereocenters. The molecule has 1 heterocycles. The van der Waals surface area contributed by atoms with Crippen LogP contribution in [-0.2, 0) is 5.33 Å². The van der Waals surface area contributed by atoms with E-state index in [1.807, 2.05) is 12.1 Å². The first-order valence-electron chi connectivity index (χ1n) is 3.99. The van der Waals surface area contributed by atoms with Crippen LogP contribution in [0.25, 0.3) is 11.0 Å². The predicted molar refractivity (Wildman–Crippen MR) is 62.8 cm³/mol. The lowest BCUT2D eigenvalue weighted by atomic mass is 10.2. The lowest BCUT2D eigenvalue weighted by Crippen LogP contribution is -1.98. The number of alkyl halides is 1. The minimum atomic E-state index is -0.343. The average Bonchev–Trinajstić information content (AvgIpc) is 2.19. The Hall–Kier alpha value is -0.610. The quantitative estimate of drug-likeness (QED) is 0.595. The summed E-state index contributed by atoms with van der Waals surface area (Å²) in [6.07, 6.45) is 0. The fourth-order valence-corrected chi connectivity index (χ4v) is 1.91. The highest BCUT2D eigenvalue weighted by atomic mass is 79.9. The van der Waals surface area contributed by atoms with Crippen LogP contribution < -0.4 is 5.63 Å². The summed E-state index contributed by atoms with van der Waals surface area (Å²) in [6.45, 7) is 0. The molecule has 0 aliphatic heterocycles. The third-order valence-electron chi connectivity index (χ3n) is 1.91. The van der Waals surface area contributed by atoms with E-state index in [0.717, 1.165) is 16.3 Å². The smallest absolute Gasteiger partial charge is 0.350 e. The minimum Gasteiger partial charge on any atom is -0.422 e. The molecule has 0 fully saturated rings. The van der Waals surface area contributed by atoms with Crippen molar-refractivity contribution < 1.29 is 4.42 Å². The summed E-state index contributed by atoms with van der Waals surface area (Å²) >= 11 is 6.52. The van der Waals surface area contributed by atoms with Gasteiger partial charge in [0, 0.05) is 10.7 Å². The van der Waals surface area contributed by atoms with Crippen LogP contribution in [0.1, 0.15) is 5.56 Å². The molecule has 0 aliphatic rings. The van der Waals surface area contributed by atoms with Gasteiger partial charge in [0.2, 0.25) is 0 Å². The van der Waals surface area contributed by atoms with E-state index < -0.39 is 0 Å². The molecule has 2 nitrogen and oxygen atoms in total. The molecule has 0 saturated heterocycles. The van der Waals surface area contributed by atoms with E-state index in [1.54, 1.807) is 12.1 Å². The number of hydrogen-bond acceptors (Lipinski definition) is 2. The molecule has 2 aromatic rings. The Morgan fingerprint density at radius 1 is 1.29 bits per heavy atom. The molecule has 0 bridgehead atoms. The molecule has 4 heteroatoms. The van der Waals surface area contributed by atoms with E-state index in [0.29, 0.717) is 10.1 Å². The summed E-state index contributed by atoms with van der Waals surface area (Å²) < 4.78 is 5.53. The molecule has 0 saturated carbocycles. The zero-order valence-corrected chi connectivity index (χ0v) is 10.3. The van der Waals surface area contributed by atoms with E-state index in [-0.39, 0.29) is 5.63 Å². The summed E-state index contributed by atoms with van der Waals surface area (Å²) in [4.78, 5) is 11.2. The van der Waals surface area contributed by atoms with Gasteiger partial charge in [-0.25, -0.2) is 4.79 Å². The molecular weight excluding hydrogens is 312 g/mol. The van der Waals surface area contributed by atoms with Gasteiger partial charge >= 0.3 is 5.63 Å². The van der Waals surface area contributed by atoms with Crippen molar-refractivity contribution in [3.8, 4) is 0 Å². The van der Waals surface area contributed by atoms with E-state index in [2.05, 4.69) is 31.9 Å². The molecule has 0 spiro atoms. The molecule has 1 aromatic carbocycles. The lowest BCUT2D eigenvalue weighted by molar-refractivity contribution is 0.556. The van der Waals surface area contributed by atoms with E-state index in [4.69, 9.17) is 4.42 Å². The maximum Gasteiger partial charge on any atom is 0.350 e. The summed E-state index contributed by atoms with van der Waals surface area (Å²) in [5.74, 6) is 0. The van der Waals surface area contributed by atoms with Crippen molar-refractivity contribution in [2.45, 2.75) is 5.33 Å². The van der Waals surface area contributed by atoms with Crippen molar-refractivity contribution in [2.24, 2.45) is 0 Å². The molecule has 0 atom stereocenters. The Bertz CT molecular complexity index is 531. The molecule has 0 amide bonds. The first kappa shape index (κ1) is 9.93. The van der Waals surface area contributed by atoms with Gasteiger partial charge in [0.15, 0.2) is 0 Å². The molecular formula is C10H6Br2O2. The highest BCUT2D eigenvalue weighted by Gasteiger charge is 2.02. The molecule has 14 heavy (non-hydrogen) atoms. The van der Waals surface area contributed by atoms with Gasteiger partial charge in [0.05, 0.1) is 0 Å². The van der Waals surface area contributed by atoms with Crippen molar-refractivity contribution in [1.29, 1.82) is 0 Å². The van der Waals surface area contributed by atoms with Crippen LogP contribution in [0.2, 0.25) is 0 Å². The molecule has 0 N–H and O–H groups in total. The highest BCUT2D eigenvalue weighted by molar-refractivity contribution is 9.10. The molecule has 0 aliphatic carbocycles. The number of benzene rings is 1. The van der Waals surface area contributed by atoms with Crippen LogP contribution >= 0.6 is 31.9 Å². The Kier molecular flexibility index (Phi) is 2.74. The van der Waals surface area contributed by atoms with E-state index in [1.165, 1.54) is 0 Å².